The Labute approximate surface area is 363 Å². The third kappa shape index (κ3) is 13.3. The Morgan fingerprint density at radius 1 is 0.397 bits per heavy atom. The third-order valence-electron chi connectivity index (χ3n) is 9.57. The molecule has 299 valence electrons. The van der Waals surface area contributed by atoms with Crippen molar-refractivity contribution in [2.75, 3.05) is 0 Å². The summed E-state index contributed by atoms with van der Waals surface area (Å²) in [5, 5.41) is 20.8. The van der Waals surface area contributed by atoms with Crippen LogP contribution in [0, 0.1) is 5.41 Å². The molecular formula is C53H58NOP2Rh+. The summed E-state index contributed by atoms with van der Waals surface area (Å²) >= 11 is 0. The summed E-state index contributed by atoms with van der Waals surface area (Å²) < 4.78 is 0. The number of rotatable bonds is 9. The molecule has 0 aliphatic heterocycles. The van der Waals surface area contributed by atoms with Gasteiger partial charge in [0.25, 0.3) is 0 Å². The van der Waals surface area contributed by atoms with Gasteiger partial charge in [0.2, 0.25) is 0 Å². The molecule has 0 aliphatic rings. The summed E-state index contributed by atoms with van der Waals surface area (Å²) in [6.07, 6.45) is 0. The molecule has 0 amide bonds. The number of nitrogens with zero attached hydrogens (tertiary/aromatic N) is 1. The van der Waals surface area contributed by atoms with Crippen molar-refractivity contribution >= 4 is 59.3 Å². The van der Waals surface area contributed by atoms with Gasteiger partial charge in [0.1, 0.15) is 31.8 Å². The van der Waals surface area contributed by atoms with Crippen LogP contribution in [-0.2, 0) is 19.5 Å². The molecule has 0 N–H and O–H groups in total. The molecule has 0 atom stereocenters. The van der Waals surface area contributed by atoms with Crippen LogP contribution in [0.15, 0.2) is 205 Å². The first-order valence-electron chi connectivity index (χ1n) is 20.0. The van der Waals surface area contributed by atoms with Crippen LogP contribution < -0.4 is 36.9 Å². The van der Waals surface area contributed by atoms with Gasteiger partial charge in [-0.05, 0) is 107 Å². The summed E-state index contributed by atoms with van der Waals surface area (Å²) in [5.74, 6) is 0.679. The van der Waals surface area contributed by atoms with Crippen molar-refractivity contribution in [3.63, 3.8) is 0 Å². The van der Waals surface area contributed by atoms with Crippen LogP contribution in [0.1, 0.15) is 71.4 Å². The Balaban J connectivity index is 0.000000191. The van der Waals surface area contributed by atoms with E-state index in [-0.39, 0.29) is 25.4 Å². The maximum atomic E-state index is 12.2. The SMILES string of the molecule is CC(C)c1cccc(C(C)C)c1N=C([O-])C(C)(C)C.[Rh].c1ccc([PH+](c2ccccc2)c2ccccc2)cc1.c1ccc([PH+](c2ccccc2)c2ccccc2)cc1. The van der Waals surface area contributed by atoms with E-state index >= 15 is 0 Å². The Kier molecular flexibility index (Phi) is 18.5. The molecule has 0 saturated heterocycles. The molecule has 7 rings (SSSR count). The largest absolute Gasteiger partial charge is 0.861 e. The quantitative estimate of drug-likeness (QED) is 0.0616. The summed E-state index contributed by atoms with van der Waals surface area (Å²) in [6.45, 7) is 14.3. The topological polar surface area (TPSA) is 35.4 Å². The van der Waals surface area contributed by atoms with Gasteiger partial charge in [-0.2, -0.15) is 0 Å². The molecule has 0 saturated carbocycles. The van der Waals surface area contributed by atoms with Crippen LogP contribution in [0.5, 0.6) is 0 Å². The zero-order chi connectivity index (χ0) is 40.6. The van der Waals surface area contributed by atoms with Gasteiger partial charge in [-0.15, -0.1) is 0 Å². The maximum absolute atomic E-state index is 12.2. The van der Waals surface area contributed by atoms with Crippen LogP contribution >= 0.6 is 15.8 Å². The van der Waals surface area contributed by atoms with E-state index in [9.17, 15) is 5.11 Å². The van der Waals surface area contributed by atoms with E-state index in [0.717, 1.165) is 16.8 Å². The van der Waals surface area contributed by atoms with E-state index in [0.29, 0.717) is 11.8 Å². The van der Waals surface area contributed by atoms with E-state index < -0.39 is 21.3 Å². The number of aliphatic imine (C=N–C) groups is 1. The molecule has 0 aliphatic carbocycles. The van der Waals surface area contributed by atoms with Crippen LogP contribution in [0.2, 0.25) is 0 Å². The van der Waals surface area contributed by atoms with Crippen molar-refractivity contribution in [2.45, 2.75) is 60.3 Å². The molecule has 0 spiro atoms. The van der Waals surface area contributed by atoms with Gasteiger partial charge in [0.15, 0.2) is 0 Å². The summed E-state index contributed by atoms with van der Waals surface area (Å²) in [5.41, 5.74) is 2.76. The fraction of sp³-hybridized carbons (Fsp3) is 0.189. The average Bonchev–Trinajstić information content (AvgIpc) is 3.23. The average molecular weight is 890 g/mol. The van der Waals surface area contributed by atoms with Crippen LogP contribution in [-0.4, -0.2) is 5.90 Å². The molecule has 0 heterocycles. The minimum Gasteiger partial charge on any atom is -0.861 e. The van der Waals surface area contributed by atoms with Gasteiger partial charge in [-0.25, -0.2) is 0 Å². The molecule has 7 aromatic rings. The molecule has 0 bridgehead atoms. The van der Waals surface area contributed by atoms with Gasteiger partial charge < -0.3 is 5.11 Å². The normalized spacial score (nSPS) is 11.3. The van der Waals surface area contributed by atoms with Crippen molar-refractivity contribution in [2.24, 2.45) is 10.4 Å². The predicted octanol–water partition coefficient (Wildman–Crippen LogP) is 10.7. The zero-order valence-corrected chi connectivity index (χ0v) is 38.5. The van der Waals surface area contributed by atoms with Crippen LogP contribution in [0.4, 0.5) is 5.69 Å². The van der Waals surface area contributed by atoms with Crippen molar-refractivity contribution in [1.82, 2.24) is 0 Å². The summed E-state index contributed by atoms with van der Waals surface area (Å²) in [6, 6.07) is 71.2. The van der Waals surface area contributed by atoms with E-state index in [1.165, 1.54) is 31.8 Å². The van der Waals surface area contributed by atoms with E-state index in [4.69, 9.17) is 0 Å². The van der Waals surface area contributed by atoms with E-state index in [1.807, 2.05) is 20.8 Å². The Bertz CT molecular complexity index is 1890. The minimum atomic E-state index is -0.877. The second-order valence-corrected chi connectivity index (χ2v) is 20.7. The molecule has 5 heteroatoms. The zero-order valence-electron chi connectivity index (χ0n) is 34.9. The number of para-hydroxylation sites is 1. The first-order valence-corrected chi connectivity index (χ1v) is 23.0. The van der Waals surface area contributed by atoms with Crippen LogP contribution in [0.3, 0.4) is 0 Å². The van der Waals surface area contributed by atoms with Crippen molar-refractivity contribution in [1.29, 1.82) is 0 Å². The monoisotopic (exact) mass is 889 g/mol. The van der Waals surface area contributed by atoms with Gasteiger partial charge in [-0.1, -0.05) is 176 Å². The third-order valence-corrected chi connectivity index (χ3v) is 15.0. The van der Waals surface area contributed by atoms with Crippen LogP contribution in [0.25, 0.3) is 0 Å². The van der Waals surface area contributed by atoms with Gasteiger partial charge in [-0.3, -0.25) is 4.99 Å². The molecular weight excluding hydrogens is 831 g/mol. The number of hydrogen-bond donors (Lipinski definition) is 0. The Morgan fingerprint density at radius 2 is 0.621 bits per heavy atom. The molecule has 0 unspecified atom stereocenters. The first kappa shape index (κ1) is 46.2. The smallest absolute Gasteiger partial charge is 0.102 e. The molecule has 58 heavy (non-hydrogen) atoms. The fourth-order valence-corrected chi connectivity index (χ4v) is 11.7. The van der Waals surface area contributed by atoms with Crippen molar-refractivity contribution in [3.8, 4) is 0 Å². The molecule has 0 aromatic heterocycles. The van der Waals surface area contributed by atoms with E-state index in [2.05, 4.69) is 233 Å². The second-order valence-electron chi connectivity index (χ2n) is 15.7. The van der Waals surface area contributed by atoms with Gasteiger partial charge in [0.05, 0.1) is 21.5 Å². The van der Waals surface area contributed by atoms with E-state index in [1.54, 1.807) is 0 Å². The minimum absolute atomic E-state index is 0. The summed E-state index contributed by atoms with van der Waals surface area (Å²) in [7, 11) is -1.75. The van der Waals surface area contributed by atoms with Crippen molar-refractivity contribution < 1.29 is 24.6 Å². The molecule has 2 nitrogen and oxygen atoms in total. The molecule has 1 radical (unpaired) electrons. The summed E-state index contributed by atoms with van der Waals surface area (Å²) in [4.78, 5) is 4.43. The van der Waals surface area contributed by atoms with Gasteiger partial charge in [0, 0.05) is 19.5 Å². The Morgan fingerprint density at radius 3 is 0.810 bits per heavy atom. The molecule has 7 aromatic carbocycles. The Hall–Kier alpha value is -4.51. The number of hydrogen-bond acceptors (Lipinski definition) is 2. The maximum Gasteiger partial charge on any atom is 0.102 e. The van der Waals surface area contributed by atoms with Crippen molar-refractivity contribution in [3.05, 3.63) is 211 Å². The first-order chi connectivity index (χ1) is 27.5. The van der Waals surface area contributed by atoms with Gasteiger partial charge >= 0.3 is 0 Å². The second kappa shape index (κ2) is 23.2. The fourth-order valence-electron chi connectivity index (χ4n) is 6.54. The standard InChI is InChI=1S/2C18H15P.C17H27NO.Rh/c2*1-4-10-16(11-5-1)19(17-12-6-2-7-13-17)18-14-8-3-9-15-18;1-11(2)13-9-8-10-14(12(3)4)15(13)18-16(19)17(5,6)7;/h2*1-15H;8-12H,1-7H3,(H,18,19);/p+1. The predicted molar refractivity (Wildman–Crippen MR) is 254 cm³/mol. The molecule has 0 fully saturated rings. The number of benzene rings is 7.